The molecule has 1 saturated carbocycles. The number of carbonyl (C=O) groups excluding carboxylic acids is 1. The summed E-state index contributed by atoms with van der Waals surface area (Å²) < 4.78 is 78.4. The van der Waals surface area contributed by atoms with Crippen LogP contribution in [0.1, 0.15) is 36.0 Å². The molecule has 2 N–H and O–H groups in total. The number of anilines is 1. The van der Waals surface area contributed by atoms with Crippen LogP contribution in [-0.4, -0.2) is 39.8 Å². The molecule has 4 rings (SSSR count). The number of rotatable bonds is 5. The lowest BCUT2D eigenvalue weighted by Gasteiger charge is -2.31. The third-order valence-electron chi connectivity index (χ3n) is 5.71. The van der Waals surface area contributed by atoms with Crippen LogP contribution in [0.5, 0.6) is 11.5 Å². The van der Waals surface area contributed by atoms with Crippen molar-refractivity contribution in [3.05, 3.63) is 48.0 Å². The molecule has 2 aromatic rings. The van der Waals surface area contributed by atoms with Crippen LogP contribution in [0, 0.1) is 5.92 Å². The summed E-state index contributed by atoms with van der Waals surface area (Å²) in [6.07, 6.45) is -3.67. The standard InChI is InChI=1S/C22H23F3N2O5S/c23-22(24,25)14-4-3-5-15(12-14)26-21(28)17-6-1-2-7-18(17)27-33(29,30)16-8-9-19-20(13-16)32-11-10-31-19/h1-2,6-9,13-15,27H,3-5,10-12H2,(H,26,28). The Morgan fingerprint density at radius 2 is 1.73 bits per heavy atom. The third kappa shape index (κ3) is 5.35. The van der Waals surface area contributed by atoms with Gasteiger partial charge in [0.05, 0.1) is 22.1 Å². The number of hydrogen-bond donors (Lipinski definition) is 2. The molecular weight excluding hydrogens is 461 g/mol. The summed E-state index contributed by atoms with van der Waals surface area (Å²) >= 11 is 0. The van der Waals surface area contributed by atoms with Crippen LogP contribution in [-0.2, 0) is 10.0 Å². The van der Waals surface area contributed by atoms with E-state index in [1.165, 1.54) is 30.3 Å². The molecule has 33 heavy (non-hydrogen) atoms. The molecule has 7 nitrogen and oxygen atoms in total. The van der Waals surface area contributed by atoms with Gasteiger partial charge >= 0.3 is 6.18 Å². The van der Waals surface area contributed by atoms with Crippen molar-refractivity contribution in [3.8, 4) is 11.5 Å². The summed E-state index contributed by atoms with van der Waals surface area (Å²) in [6, 6.07) is 9.48. The van der Waals surface area contributed by atoms with E-state index in [4.69, 9.17) is 9.47 Å². The molecule has 0 spiro atoms. The van der Waals surface area contributed by atoms with Crippen molar-refractivity contribution in [2.24, 2.45) is 5.92 Å². The van der Waals surface area contributed by atoms with E-state index >= 15 is 0 Å². The molecular formula is C22H23F3N2O5S. The molecule has 1 amide bonds. The Hall–Kier alpha value is -2.95. The second-order valence-corrected chi connectivity index (χ2v) is 9.71. The first-order valence-electron chi connectivity index (χ1n) is 10.5. The number of alkyl halides is 3. The summed E-state index contributed by atoms with van der Waals surface area (Å²) in [4.78, 5) is 12.8. The van der Waals surface area contributed by atoms with Crippen molar-refractivity contribution < 1.29 is 35.9 Å². The Balaban J connectivity index is 1.51. The van der Waals surface area contributed by atoms with Crippen molar-refractivity contribution in [1.82, 2.24) is 5.32 Å². The van der Waals surface area contributed by atoms with E-state index in [2.05, 4.69) is 10.0 Å². The lowest BCUT2D eigenvalue weighted by atomic mass is 9.85. The quantitative estimate of drug-likeness (QED) is 0.666. The second-order valence-electron chi connectivity index (χ2n) is 8.03. The fourth-order valence-corrected chi connectivity index (χ4v) is 5.14. The van der Waals surface area contributed by atoms with Gasteiger partial charge in [0.1, 0.15) is 13.2 Å². The highest BCUT2D eigenvalue weighted by atomic mass is 32.2. The van der Waals surface area contributed by atoms with Gasteiger partial charge in [0.25, 0.3) is 15.9 Å². The molecule has 2 atom stereocenters. The van der Waals surface area contributed by atoms with Crippen LogP contribution in [0.25, 0.3) is 0 Å². The fraction of sp³-hybridized carbons (Fsp3) is 0.409. The number of benzene rings is 2. The number of fused-ring (bicyclic) bond motifs is 1. The van der Waals surface area contributed by atoms with E-state index in [-0.39, 0.29) is 29.0 Å². The number of amides is 1. The number of nitrogens with one attached hydrogen (secondary N) is 2. The van der Waals surface area contributed by atoms with Gasteiger partial charge in [-0.2, -0.15) is 13.2 Å². The summed E-state index contributed by atoms with van der Waals surface area (Å²) in [5.74, 6) is -1.36. The van der Waals surface area contributed by atoms with Gasteiger partial charge in [-0.1, -0.05) is 18.6 Å². The van der Waals surface area contributed by atoms with Crippen LogP contribution in [0.15, 0.2) is 47.4 Å². The minimum absolute atomic E-state index is 0.0211. The van der Waals surface area contributed by atoms with Crippen molar-refractivity contribution in [2.75, 3.05) is 17.9 Å². The molecule has 178 valence electrons. The van der Waals surface area contributed by atoms with Gasteiger partial charge in [-0.15, -0.1) is 0 Å². The SMILES string of the molecule is O=C(NC1CCCC(C(F)(F)F)C1)c1ccccc1NS(=O)(=O)c1ccc2c(c1)OCCO2. The lowest BCUT2D eigenvalue weighted by Crippen LogP contribution is -2.41. The topological polar surface area (TPSA) is 93.7 Å². The van der Waals surface area contributed by atoms with E-state index in [0.29, 0.717) is 37.6 Å². The predicted octanol–water partition coefficient (Wildman–Crippen LogP) is 4.11. The average Bonchev–Trinajstić information content (AvgIpc) is 2.78. The molecule has 0 radical (unpaired) electrons. The van der Waals surface area contributed by atoms with Crippen LogP contribution in [0.2, 0.25) is 0 Å². The first-order valence-corrected chi connectivity index (χ1v) is 12.0. The van der Waals surface area contributed by atoms with Gasteiger partial charge < -0.3 is 14.8 Å². The molecule has 0 saturated heterocycles. The van der Waals surface area contributed by atoms with Crippen molar-refractivity contribution in [2.45, 2.75) is 42.8 Å². The summed E-state index contributed by atoms with van der Waals surface area (Å²) in [7, 11) is -4.08. The minimum atomic E-state index is -4.30. The maximum Gasteiger partial charge on any atom is 0.391 e. The van der Waals surface area contributed by atoms with E-state index in [1.54, 1.807) is 12.1 Å². The van der Waals surface area contributed by atoms with Gasteiger partial charge in [-0.3, -0.25) is 9.52 Å². The van der Waals surface area contributed by atoms with E-state index in [9.17, 15) is 26.4 Å². The van der Waals surface area contributed by atoms with Gasteiger partial charge in [-0.05, 0) is 43.5 Å². The Morgan fingerprint density at radius 3 is 2.48 bits per heavy atom. The zero-order valence-corrected chi connectivity index (χ0v) is 18.3. The minimum Gasteiger partial charge on any atom is -0.486 e. The van der Waals surface area contributed by atoms with Gasteiger partial charge in [0, 0.05) is 12.1 Å². The Bertz CT molecular complexity index is 1140. The van der Waals surface area contributed by atoms with Crippen LogP contribution >= 0.6 is 0 Å². The molecule has 1 aliphatic carbocycles. The van der Waals surface area contributed by atoms with Crippen LogP contribution in [0.3, 0.4) is 0 Å². The lowest BCUT2D eigenvalue weighted by molar-refractivity contribution is -0.183. The number of hydrogen-bond acceptors (Lipinski definition) is 5. The average molecular weight is 484 g/mol. The first-order chi connectivity index (χ1) is 15.6. The Morgan fingerprint density at radius 1 is 1.00 bits per heavy atom. The monoisotopic (exact) mass is 484 g/mol. The zero-order valence-electron chi connectivity index (χ0n) is 17.5. The third-order valence-corrected chi connectivity index (χ3v) is 7.08. The first kappa shape index (κ1) is 23.2. The molecule has 1 aliphatic heterocycles. The van der Waals surface area contributed by atoms with Gasteiger partial charge in [0.2, 0.25) is 0 Å². The summed E-state index contributed by atoms with van der Waals surface area (Å²) in [6.45, 7) is 0.661. The largest absolute Gasteiger partial charge is 0.486 e. The Labute approximate surface area is 189 Å². The van der Waals surface area contributed by atoms with Crippen LogP contribution in [0.4, 0.5) is 18.9 Å². The van der Waals surface area contributed by atoms with Gasteiger partial charge in [0.15, 0.2) is 11.5 Å². The number of para-hydroxylation sites is 1. The highest BCUT2D eigenvalue weighted by molar-refractivity contribution is 7.92. The second kappa shape index (κ2) is 9.12. The smallest absolute Gasteiger partial charge is 0.391 e. The zero-order chi connectivity index (χ0) is 23.6. The molecule has 0 bridgehead atoms. The summed E-state index contributed by atoms with van der Waals surface area (Å²) in [5, 5.41) is 2.63. The highest BCUT2D eigenvalue weighted by Gasteiger charge is 2.42. The Kier molecular flexibility index (Phi) is 6.42. The molecule has 2 aliphatic rings. The molecule has 0 aromatic heterocycles. The number of ether oxygens (including phenoxy) is 2. The van der Waals surface area contributed by atoms with E-state index in [0.717, 1.165) is 0 Å². The molecule has 1 fully saturated rings. The van der Waals surface area contributed by atoms with Crippen molar-refractivity contribution >= 4 is 21.6 Å². The van der Waals surface area contributed by atoms with Crippen LogP contribution < -0.4 is 19.5 Å². The molecule has 1 heterocycles. The van der Waals surface area contributed by atoms with Gasteiger partial charge in [-0.25, -0.2) is 8.42 Å². The maximum absolute atomic E-state index is 13.1. The maximum atomic E-state index is 13.1. The number of sulfonamides is 1. The van der Waals surface area contributed by atoms with Crippen molar-refractivity contribution in [1.29, 1.82) is 0 Å². The fourth-order valence-electron chi connectivity index (χ4n) is 4.05. The van der Waals surface area contributed by atoms with E-state index < -0.39 is 34.1 Å². The normalized spacial score (nSPS) is 20.7. The molecule has 2 unspecified atom stereocenters. The molecule has 2 aromatic carbocycles. The number of carbonyl (C=O) groups is 1. The van der Waals surface area contributed by atoms with Crippen molar-refractivity contribution in [3.63, 3.8) is 0 Å². The predicted molar refractivity (Wildman–Crippen MR) is 114 cm³/mol. The summed E-state index contributed by atoms with van der Waals surface area (Å²) in [5.41, 5.74) is 0.0424. The highest BCUT2D eigenvalue weighted by Crippen LogP contribution is 2.38. The number of halogens is 3. The molecule has 11 heteroatoms. The van der Waals surface area contributed by atoms with E-state index in [1.807, 2.05) is 0 Å².